The average molecular weight is 556 g/mol. The summed E-state index contributed by atoms with van der Waals surface area (Å²) in [6, 6.07) is 11.9. The van der Waals surface area contributed by atoms with Gasteiger partial charge in [-0.3, -0.25) is 14.4 Å². The van der Waals surface area contributed by atoms with Gasteiger partial charge >= 0.3 is 0 Å². The Bertz CT molecular complexity index is 1540. The van der Waals surface area contributed by atoms with Crippen molar-refractivity contribution in [2.45, 2.75) is 0 Å². The molecule has 0 spiro atoms. The molecule has 5 rings (SSSR count). The summed E-state index contributed by atoms with van der Waals surface area (Å²) in [7, 11) is 7.75. The fourth-order valence-electron chi connectivity index (χ4n) is 4.98. The van der Waals surface area contributed by atoms with Gasteiger partial charge in [-0.1, -0.05) is 12.6 Å². The number of nitrogens with zero attached hydrogens (tertiary/aromatic N) is 7. The number of likely N-dealkylation sites (N-methyl/N-ethyl adjacent to an activating group) is 1. The number of hydrogen-bond acceptors (Lipinski definition) is 9. The van der Waals surface area contributed by atoms with E-state index in [0.29, 0.717) is 22.9 Å². The molecule has 214 valence electrons. The Morgan fingerprint density at radius 1 is 1.10 bits per heavy atom. The van der Waals surface area contributed by atoms with E-state index in [4.69, 9.17) is 4.74 Å². The third-order valence-corrected chi connectivity index (χ3v) is 7.31. The van der Waals surface area contributed by atoms with E-state index < -0.39 is 0 Å². The topological polar surface area (TPSA) is 104 Å². The summed E-state index contributed by atoms with van der Waals surface area (Å²) >= 11 is 0. The number of carbonyl (C=O) groups is 1. The second-order valence-corrected chi connectivity index (χ2v) is 10.4. The molecule has 4 aromatic rings. The van der Waals surface area contributed by atoms with Crippen LogP contribution in [0, 0.1) is 0 Å². The van der Waals surface area contributed by atoms with Gasteiger partial charge in [-0.2, -0.15) is 5.10 Å². The van der Waals surface area contributed by atoms with Crippen molar-refractivity contribution in [3.63, 3.8) is 0 Å². The van der Waals surface area contributed by atoms with Gasteiger partial charge in [0, 0.05) is 69.4 Å². The second-order valence-electron chi connectivity index (χ2n) is 10.4. The fraction of sp³-hybridized carbons (Fsp3) is 0.333. The molecule has 3 heterocycles. The predicted octanol–water partition coefficient (Wildman–Crippen LogP) is 3.59. The van der Waals surface area contributed by atoms with Gasteiger partial charge in [-0.25, -0.2) is 9.97 Å². The molecule has 2 aromatic heterocycles. The minimum absolute atomic E-state index is 0.276. The van der Waals surface area contributed by atoms with Gasteiger partial charge in [-0.05, 0) is 38.4 Å². The number of fused-ring (bicyclic) bond motifs is 1. The van der Waals surface area contributed by atoms with Crippen LogP contribution in [-0.4, -0.2) is 95.9 Å². The van der Waals surface area contributed by atoms with Gasteiger partial charge in [0.25, 0.3) is 0 Å². The summed E-state index contributed by atoms with van der Waals surface area (Å²) in [6.45, 7) is 9.26. The number of piperazine rings is 1. The van der Waals surface area contributed by atoms with E-state index in [1.54, 1.807) is 7.11 Å². The highest BCUT2D eigenvalue weighted by Gasteiger charge is 2.22. The quantitative estimate of drug-likeness (QED) is 0.284. The maximum Gasteiger partial charge on any atom is 0.247 e. The molecule has 1 aliphatic heterocycles. The molecule has 0 atom stereocenters. The minimum Gasteiger partial charge on any atom is -0.494 e. The lowest BCUT2D eigenvalue weighted by Gasteiger charge is -2.37. The number of rotatable bonds is 10. The van der Waals surface area contributed by atoms with Crippen LogP contribution < -0.4 is 20.3 Å². The van der Waals surface area contributed by atoms with Crippen LogP contribution in [0.5, 0.6) is 5.75 Å². The highest BCUT2D eigenvalue weighted by atomic mass is 16.5. The summed E-state index contributed by atoms with van der Waals surface area (Å²) in [5, 5.41) is 11.7. The molecule has 0 bridgehead atoms. The zero-order valence-corrected chi connectivity index (χ0v) is 24.1. The number of benzene rings is 2. The van der Waals surface area contributed by atoms with Crippen LogP contribution in [-0.2, 0) is 11.8 Å². The molecule has 2 N–H and O–H groups in total. The van der Waals surface area contributed by atoms with E-state index in [-0.39, 0.29) is 5.91 Å². The number of anilines is 4. The number of aryl methyl sites for hydroxylation is 1. The van der Waals surface area contributed by atoms with Crippen molar-refractivity contribution < 1.29 is 9.53 Å². The Hall–Kier alpha value is -4.48. The molecular formula is C30H37N9O2. The van der Waals surface area contributed by atoms with E-state index >= 15 is 0 Å². The summed E-state index contributed by atoms with van der Waals surface area (Å²) < 4.78 is 7.64. The van der Waals surface area contributed by atoms with Crippen molar-refractivity contribution in [3.8, 4) is 17.0 Å². The monoisotopic (exact) mass is 555 g/mol. The molecule has 11 heteroatoms. The standard InChI is InChI=1S/C30H37N9O2/c1-6-30(40)35-24-16-25(28(41-5)18-27(24)39-13-11-38(12-14-39)10-9-36(2)3)34-29-17-23(31-20-32-29)21-7-8-26-22(15-21)19-33-37(26)4/h6-8,15-20H,1,9-14H2,2-5H3,(H,35,40)(H,31,32,34). The Morgan fingerprint density at radius 2 is 1.90 bits per heavy atom. The van der Waals surface area contributed by atoms with Gasteiger partial charge in [0.1, 0.15) is 17.9 Å². The van der Waals surface area contributed by atoms with Crippen molar-refractivity contribution in [2.24, 2.45) is 7.05 Å². The van der Waals surface area contributed by atoms with Gasteiger partial charge in [0.2, 0.25) is 5.91 Å². The van der Waals surface area contributed by atoms with Crippen LogP contribution >= 0.6 is 0 Å². The van der Waals surface area contributed by atoms with Crippen molar-refractivity contribution in [1.82, 2.24) is 29.5 Å². The van der Waals surface area contributed by atoms with E-state index in [9.17, 15) is 4.79 Å². The van der Waals surface area contributed by atoms with Crippen molar-refractivity contribution in [2.75, 3.05) is 76.0 Å². The smallest absolute Gasteiger partial charge is 0.247 e. The Labute approximate surface area is 240 Å². The molecule has 2 aromatic carbocycles. The molecule has 1 saturated heterocycles. The van der Waals surface area contributed by atoms with Crippen LogP contribution in [0.4, 0.5) is 22.9 Å². The van der Waals surface area contributed by atoms with E-state index in [1.807, 2.05) is 48.3 Å². The van der Waals surface area contributed by atoms with Crippen LogP contribution in [0.3, 0.4) is 0 Å². The highest BCUT2D eigenvalue weighted by Crippen LogP contribution is 2.39. The first-order chi connectivity index (χ1) is 19.8. The number of nitrogens with one attached hydrogen (secondary N) is 2. The van der Waals surface area contributed by atoms with E-state index in [2.05, 4.69) is 67.1 Å². The number of amides is 1. The van der Waals surface area contributed by atoms with Gasteiger partial charge in [0.15, 0.2) is 0 Å². The van der Waals surface area contributed by atoms with Crippen LogP contribution in [0.25, 0.3) is 22.2 Å². The molecule has 41 heavy (non-hydrogen) atoms. The summed E-state index contributed by atoms with van der Waals surface area (Å²) in [6.07, 6.45) is 4.65. The zero-order valence-electron chi connectivity index (χ0n) is 24.1. The SMILES string of the molecule is C=CC(=O)Nc1cc(Nc2cc(-c3ccc4c(cnn4C)c3)ncn2)c(OC)cc1N1CCN(CCN(C)C)CC1. The molecule has 0 saturated carbocycles. The molecule has 0 radical (unpaired) electrons. The molecular weight excluding hydrogens is 518 g/mol. The number of methoxy groups -OCH3 is 1. The summed E-state index contributed by atoms with van der Waals surface area (Å²) in [4.78, 5) is 28.3. The Kier molecular flexibility index (Phi) is 8.46. The highest BCUT2D eigenvalue weighted by molar-refractivity contribution is 6.02. The zero-order chi connectivity index (χ0) is 28.9. The van der Waals surface area contributed by atoms with E-state index in [1.165, 1.54) is 12.4 Å². The maximum absolute atomic E-state index is 12.4. The van der Waals surface area contributed by atoms with Crippen molar-refractivity contribution in [1.29, 1.82) is 0 Å². The maximum atomic E-state index is 12.4. The first-order valence-electron chi connectivity index (χ1n) is 13.6. The first-order valence-corrected chi connectivity index (χ1v) is 13.6. The summed E-state index contributed by atoms with van der Waals surface area (Å²) in [5.74, 6) is 0.966. The predicted molar refractivity (Wildman–Crippen MR) is 164 cm³/mol. The number of aromatic nitrogens is 4. The Balaban J connectivity index is 1.41. The van der Waals surface area contributed by atoms with Crippen LogP contribution in [0.2, 0.25) is 0 Å². The van der Waals surface area contributed by atoms with Crippen molar-refractivity contribution >= 4 is 39.7 Å². The summed E-state index contributed by atoms with van der Waals surface area (Å²) in [5.41, 5.74) is 5.04. The van der Waals surface area contributed by atoms with Gasteiger partial charge in [0.05, 0.1) is 41.6 Å². The third-order valence-electron chi connectivity index (χ3n) is 7.31. The van der Waals surface area contributed by atoms with E-state index in [0.717, 1.165) is 67.1 Å². The molecule has 0 unspecified atom stereocenters. The lowest BCUT2D eigenvalue weighted by atomic mass is 10.1. The average Bonchev–Trinajstić information content (AvgIpc) is 3.36. The Morgan fingerprint density at radius 3 is 2.63 bits per heavy atom. The largest absolute Gasteiger partial charge is 0.494 e. The fourth-order valence-corrected chi connectivity index (χ4v) is 4.98. The number of ether oxygens (including phenoxy) is 1. The third kappa shape index (κ3) is 6.47. The van der Waals surface area contributed by atoms with Crippen LogP contribution in [0.1, 0.15) is 0 Å². The van der Waals surface area contributed by atoms with Gasteiger partial charge < -0.3 is 25.2 Å². The second kappa shape index (κ2) is 12.4. The molecule has 1 fully saturated rings. The minimum atomic E-state index is -0.276. The number of hydrogen-bond donors (Lipinski definition) is 2. The normalized spacial score (nSPS) is 13.9. The molecule has 1 amide bonds. The van der Waals surface area contributed by atoms with Crippen LogP contribution in [0.15, 0.2) is 61.6 Å². The lowest BCUT2D eigenvalue weighted by molar-refractivity contribution is -0.111. The first kappa shape index (κ1) is 28.1. The molecule has 0 aliphatic carbocycles. The molecule has 11 nitrogen and oxygen atoms in total. The number of carbonyl (C=O) groups excluding carboxylic acids is 1. The molecule has 1 aliphatic rings. The lowest BCUT2D eigenvalue weighted by Crippen LogP contribution is -2.48. The van der Waals surface area contributed by atoms with Crippen molar-refractivity contribution in [3.05, 3.63) is 61.6 Å². The van der Waals surface area contributed by atoms with Gasteiger partial charge in [-0.15, -0.1) is 0 Å².